The van der Waals surface area contributed by atoms with Gasteiger partial charge >= 0.3 is 0 Å². The van der Waals surface area contributed by atoms with Gasteiger partial charge in [0.25, 0.3) is 0 Å². The molecule has 0 bridgehead atoms. The lowest BCUT2D eigenvalue weighted by atomic mass is 10.00. The first-order valence-electron chi connectivity index (χ1n) is 12.0. The number of hydrogen-bond acceptors (Lipinski definition) is 2. The molecule has 3 aromatic carbocycles. The van der Waals surface area contributed by atoms with Crippen molar-refractivity contribution in [1.82, 2.24) is 10.2 Å². The summed E-state index contributed by atoms with van der Waals surface area (Å²) in [5.41, 5.74) is 3.37. The Labute approximate surface area is 198 Å². The van der Waals surface area contributed by atoms with Crippen LogP contribution in [0.4, 0.5) is 0 Å². The number of nitrogens with zero attached hydrogens (tertiary/aromatic N) is 1. The van der Waals surface area contributed by atoms with Crippen LogP contribution in [0.2, 0.25) is 0 Å². The van der Waals surface area contributed by atoms with Crippen molar-refractivity contribution in [1.29, 1.82) is 0 Å². The van der Waals surface area contributed by atoms with Gasteiger partial charge in [-0.3, -0.25) is 9.59 Å². The number of hydrogen-bond donors (Lipinski definition) is 1. The number of benzene rings is 3. The lowest BCUT2D eigenvalue weighted by molar-refractivity contribution is -0.141. The van der Waals surface area contributed by atoms with Gasteiger partial charge in [0.15, 0.2) is 0 Å². The topological polar surface area (TPSA) is 49.4 Å². The molecule has 4 heteroatoms. The normalized spacial score (nSPS) is 12.8. The van der Waals surface area contributed by atoms with Crippen molar-refractivity contribution in [2.24, 2.45) is 0 Å². The molecule has 0 heterocycles. The molecule has 0 saturated carbocycles. The van der Waals surface area contributed by atoms with Crippen LogP contribution in [-0.4, -0.2) is 28.8 Å². The molecule has 3 rings (SSSR count). The molecule has 3 aromatic rings. The van der Waals surface area contributed by atoms with Gasteiger partial charge in [0, 0.05) is 19.0 Å². The zero-order valence-corrected chi connectivity index (χ0v) is 20.3. The maximum Gasteiger partial charge on any atom is 0.243 e. The van der Waals surface area contributed by atoms with Crippen molar-refractivity contribution in [3.8, 4) is 0 Å². The lowest BCUT2D eigenvalue weighted by Gasteiger charge is -2.31. The summed E-state index contributed by atoms with van der Waals surface area (Å²) in [6.07, 6.45) is 2.45. The highest BCUT2D eigenvalue weighted by atomic mass is 16.2. The average Bonchev–Trinajstić information content (AvgIpc) is 2.83. The number of amides is 2. The summed E-state index contributed by atoms with van der Waals surface area (Å²) in [6, 6.07) is 22.3. The quantitative estimate of drug-likeness (QED) is 0.429. The van der Waals surface area contributed by atoms with Crippen molar-refractivity contribution in [2.75, 3.05) is 0 Å². The Morgan fingerprint density at radius 3 is 2.30 bits per heavy atom. The van der Waals surface area contributed by atoms with Gasteiger partial charge in [-0.2, -0.15) is 0 Å². The van der Waals surface area contributed by atoms with Crippen molar-refractivity contribution in [3.05, 3.63) is 83.4 Å². The number of rotatable bonds is 10. The van der Waals surface area contributed by atoms with Gasteiger partial charge in [-0.15, -0.1) is 0 Å². The molecule has 2 atom stereocenters. The SMILES string of the molecule is CC[C@@H](C)NC(=O)[C@@H](CC)N(Cc1ccc(C)cc1)C(=O)CCc1cccc2ccccc12. The van der Waals surface area contributed by atoms with Crippen molar-refractivity contribution in [2.45, 2.75) is 72.0 Å². The molecule has 0 radical (unpaired) electrons. The first-order chi connectivity index (χ1) is 15.9. The second-order valence-electron chi connectivity index (χ2n) is 8.89. The molecule has 0 aliphatic carbocycles. The van der Waals surface area contributed by atoms with Crippen molar-refractivity contribution in [3.63, 3.8) is 0 Å². The van der Waals surface area contributed by atoms with Gasteiger partial charge in [0.05, 0.1) is 0 Å². The molecule has 0 saturated heterocycles. The first-order valence-corrected chi connectivity index (χ1v) is 12.0. The van der Waals surface area contributed by atoms with Crippen LogP contribution in [-0.2, 0) is 22.6 Å². The van der Waals surface area contributed by atoms with Gasteiger partial charge in [-0.05, 0) is 55.0 Å². The van der Waals surface area contributed by atoms with E-state index in [2.05, 4.69) is 29.6 Å². The van der Waals surface area contributed by atoms with E-state index in [1.54, 1.807) is 4.90 Å². The molecule has 0 aromatic heterocycles. The highest BCUT2D eigenvalue weighted by molar-refractivity contribution is 5.89. The second-order valence-corrected chi connectivity index (χ2v) is 8.89. The number of fused-ring (bicyclic) bond motifs is 1. The summed E-state index contributed by atoms with van der Waals surface area (Å²) in [4.78, 5) is 28.4. The van der Waals surface area contributed by atoms with E-state index in [1.807, 2.05) is 70.2 Å². The smallest absolute Gasteiger partial charge is 0.243 e. The standard InChI is InChI=1S/C29H36N2O2/c1-5-22(4)30-29(33)27(6-2)31(20-23-16-14-21(3)15-17-23)28(32)19-18-25-12-9-11-24-10-7-8-13-26(24)25/h7-17,22,27H,5-6,18-20H2,1-4H3,(H,30,33)/t22-,27-/m1/s1. The minimum absolute atomic E-state index is 0.00895. The molecule has 174 valence electrons. The van der Waals surface area contributed by atoms with Crippen LogP contribution in [0.15, 0.2) is 66.7 Å². The van der Waals surface area contributed by atoms with Crippen molar-refractivity contribution < 1.29 is 9.59 Å². The van der Waals surface area contributed by atoms with E-state index in [1.165, 1.54) is 16.3 Å². The van der Waals surface area contributed by atoms with Crippen LogP contribution in [0.1, 0.15) is 56.7 Å². The van der Waals surface area contributed by atoms with Gasteiger partial charge < -0.3 is 10.2 Å². The Bertz CT molecular complexity index is 1070. The van der Waals surface area contributed by atoms with Crippen LogP contribution < -0.4 is 5.32 Å². The first kappa shape index (κ1) is 24.5. The fraction of sp³-hybridized carbons (Fsp3) is 0.379. The van der Waals surface area contributed by atoms with Gasteiger partial charge in [-0.1, -0.05) is 86.1 Å². The summed E-state index contributed by atoms with van der Waals surface area (Å²) in [6.45, 7) is 8.50. The maximum atomic E-state index is 13.5. The van der Waals surface area contributed by atoms with E-state index >= 15 is 0 Å². The van der Waals surface area contributed by atoms with Gasteiger partial charge in [-0.25, -0.2) is 0 Å². The molecule has 0 spiro atoms. The molecule has 33 heavy (non-hydrogen) atoms. The minimum Gasteiger partial charge on any atom is -0.352 e. The predicted molar refractivity (Wildman–Crippen MR) is 136 cm³/mol. The van der Waals surface area contributed by atoms with Crippen LogP contribution >= 0.6 is 0 Å². The predicted octanol–water partition coefficient (Wildman–Crippen LogP) is 5.80. The molecule has 1 N–H and O–H groups in total. The highest BCUT2D eigenvalue weighted by Gasteiger charge is 2.29. The molecular formula is C29H36N2O2. The molecule has 4 nitrogen and oxygen atoms in total. The lowest BCUT2D eigenvalue weighted by Crippen LogP contribution is -2.50. The largest absolute Gasteiger partial charge is 0.352 e. The summed E-state index contributed by atoms with van der Waals surface area (Å²) in [5, 5.41) is 5.44. The number of carbonyl (C=O) groups is 2. The molecule has 2 amide bonds. The molecule has 0 unspecified atom stereocenters. The summed E-state index contributed by atoms with van der Waals surface area (Å²) < 4.78 is 0. The Morgan fingerprint density at radius 1 is 0.909 bits per heavy atom. The molecule has 0 fully saturated rings. The number of aryl methyl sites for hydroxylation is 2. The van der Waals surface area contributed by atoms with E-state index in [-0.39, 0.29) is 17.9 Å². The minimum atomic E-state index is -0.486. The van der Waals surface area contributed by atoms with Crippen LogP contribution in [0.3, 0.4) is 0 Å². The third-order valence-corrected chi connectivity index (χ3v) is 6.35. The van der Waals surface area contributed by atoms with E-state index in [0.29, 0.717) is 25.8 Å². The average molecular weight is 445 g/mol. The van der Waals surface area contributed by atoms with E-state index in [9.17, 15) is 9.59 Å². The Kier molecular flexibility index (Phi) is 8.65. The maximum absolute atomic E-state index is 13.5. The van der Waals surface area contributed by atoms with Crippen LogP contribution in [0.5, 0.6) is 0 Å². The van der Waals surface area contributed by atoms with Crippen LogP contribution in [0.25, 0.3) is 10.8 Å². The molecule has 0 aliphatic heterocycles. The summed E-state index contributed by atoms with van der Waals surface area (Å²) in [5.74, 6) is -0.0628. The summed E-state index contributed by atoms with van der Waals surface area (Å²) in [7, 11) is 0. The highest BCUT2D eigenvalue weighted by Crippen LogP contribution is 2.21. The third-order valence-electron chi connectivity index (χ3n) is 6.35. The van der Waals surface area contributed by atoms with Crippen LogP contribution in [0, 0.1) is 6.92 Å². The fourth-order valence-corrected chi connectivity index (χ4v) is 4.15. The summed E-state index contributed by atoms with van der Waals surface area (Å²) >= 11 is 0. The number of carbonyl (C=O) groups excluding carboxylic acids is 2. The Morgan fingerprint density at radius 2 is 1.61 bits per heavy atom. The zero-order chi connectivity index (χ0) is 23.8. The Balaban J connectivity index is 1.82. The second kappa shape index (κ2) is 11.6. The van der Waals surface area contributed by atoms with Gasteiger partial charge in [0.1, 0.15) is 6.04 Å². The molecular weight excluding hydrogens is 408 g/mol. The third kappa shape index (κ3) is 6.44. The van der Waals surface area contributed by atoms with E-state index in [4.69, 9.17) is 0 Å². The number of nitrogens with one attached hydrogen (secondary N) is 1. The van der Waals surface area contributed by atoms with E-state index < -0.39 is 6.04 Å². The van der Waals surface area contributed by atoms with Gasteiger partial charge in [0.2, 0.25) is 11.8 Å². The zero-order valence-electron chi connectivity index (χ0n) is 20.3. The monoisotopic (exact) mass is 444 g/mol. The van der Waals surface area contributed by atoms with Crippen molar-refractivity contribution >= 4 is 22.6 Å². The Hall–Kier alpha value is -3.14. The fourth-order valence-electron chi connectivity index (χ4n) is 4.15. The van der Waals surface area contributed by atoms with E-state index in [0.717, 1.165) is 17.5 Å². The molecule has 0 aliphatic rings.